The third kappa shape index (κ3) is 5.12. The largest absolute Gasteiger partial charge is 0.493 e. The lowest BCUT2D eigenvalue weighted by Gasteiger charge is -2.34. The molecule has 0 spiro atoms. The molecule has 116 valence electrons. The Balaban J connectivity index is 1.63. The first kappa shape index (κ1) is 15.9. The Morgan fingerprint density at radius 3 is 2.43 bits per heavy atom. The molecule has 1 saturated heterocycles. The van der Waals surface area contributed by atoms with Crippen LogP contribution in [0, 0.1) is 0 Å². The molecule has 1 heterocycles. The van der Waals surface area contributed by atoms with E-state index < -0.39 is 0 Å². The molecular weight excluding hydrogens is 268 g/mol. The molecule has 5 heteroatoms. The molecule has 0 aliphatic carbocycles. The van der Waals surface area contributed by atoms with E-state index in [1.807, 2.05) is 18.2 Å². The number of carbonyl (C=O) groups excluding carboxylic acids is 1. The number of hydrogen-bond donors (Lipinski definition) is 1. The summed E-state index contributed by atoms with van der Waals surface area (Å²) < 4.78 is 5.68. The van der Waals surface area contributed by atoms with E-state index in [0.29, 0.717) is 17.9 Å². The van der Waals surface area contributed by atoms with Crippen LogP contribution in [0.3, 0.4) is 0 Å². The molecule has 0 aromatic heterocycles. The van der Waals surface area contributed by atoms with Gasteiger partial charge < -0.3 is 14.7 Å². The molecule has 0 bridgehead atoms. The lowest BCUT2D eigenvalue weighted by molar-refractivity contribution is 0.108. The van der Waals surface area contributed by atoms with Crippen LogP contribution in [-0.2, 0) is 0 Å². The maximum atomic E-state index is 10.9. The van der Waals surface area contributed by atoms with E-state index in [0.717, 1.165) is 52.0 Å². The second-order valence-electron chi connectivity index (χ2n) is 5.26. The molecule has 1 aliphatic heterocycles. The molecule has 0 atom stereocenters. The number of hydrogen-bond acceptors (Lipinski definition) is 5. The van der Waals surface area contributed by atoms with Gasteiger partial charge in [-0.3, -0.25) is 9.69 Å². The smallest absolute Gasteiger partial charge is 0.153 e. The van der Waals surface area contributed by atoms with Gasteiger partial charge in [-0.1, -0.05) is 12.1 Å². The van der Waals surface area contributed by atoms with Crippen LogP contribution < -0.4 is 4.74 Å². The second kappa shape index (κ2) is 8.77. The minimum atomic E-state index is 0.240. The van der Waals surface area contributed by atoms with Crippen molar-refractivity contribution in [2.24, 2.45) is 0 Å². The summed E-state index contributed by atoms with van der Waals surface area (Å²) in [5.41, 5.74) is 0.607. The molecule has 0 unspecified atom stereocenters. The van der Waals surface area contributed by atoms with E-state index in [-0.39, 0.29) is 6.61 Å². The number of aliphatic hydroxyl groups excluding tert-OH is 1. The van der Waals surface area contributed by atoms with Crippen molar-refractivity contribution < 1.29 is 14.6 Å². The van der Waals surface area contributed by atoms with Gasteiger partial charge in [-0.05, 0) is 18.6 Å². The van der Waals surface area contributed by atoms with Crippen molar-refractivity contribution in [3.05, 3.63) is 29.8 Å². The van der Waals surface area contributed by atoms with E-state index in [4.69, 9.17) is 9.84 Å². The summed E-state index contributed by atoms with van der Waals surface area (Å²) in [6.07, 6.45) is 1.78. The summed E-state index contributed by atoms with van der Waals surface area (Å²) >= 11 is 0. The van der Waals surface area contributed by atoms with Crippen molar-refractivity contribution in [2.45, 2.75) is 6.42 Å². The number of para-hydroxylation sites is 1. The van der Waals surface area contributed by atoms with Crippen molar-refractivity contribution in [3.63, 3.8) is 0 Å². The van der Waals surface area contributed by atoms with Crippen molar-refractivity contribution in [2.75, 3.05) is 52.5 Å². The Kier molecular flexibility index (Phi) is 6.66. The van der Waals surface area contributed by atoms with E-state index in [2.05, 4.69) is 9.80 Å². The van der Waals surface area contributed by atoms with E-state index in [1.54, 1.807) is 6.07 Å². The SMILES string of the molecule is O=Cc1ccccc1OCCCN1CCN(CCO)CC1. The molecule has 5 nitrogen and oxygen atoms in total. The monoisotopic (exact) mass is 292 g/mol. The molecule has 1 N–H and O–H groups in total. The molecule has 0 radical (unpaired) electrons. The van der Waals surface area contributed by atoms with Crippen LogP contribution in [0.15, 0.2) is 24.3 Å². The lowest BCUT2D eigenvalue weighted by Crippen LogP contribution is -2.47. The summed E-state index contributed by atoms with van der Waals surface area (Å²) in [7, 11) is 0. The van der Waals surface area contributed by atoms with Crippen LogP contribution in [0.5, 0.6) is 5.75 Å². The fraction of sp³-hybridized carbons (Fsp3) is 0.562. The zero-order valence-electron chi connectivity index (χ0n) is 12.4. The molecule has 0 saturated carbocycles. The molecular formula is C16H24N2O3. The highest BCUT2D eigenvalue weighted by atomic mass is 16.5. The normalized spacial score (nSPS) is 16.8. The van der Waals surface area contributed by atoms with Crippen molar-refractivity contribution in [3.8, 4) is 5.75 Å². The molecule has 2 rings (SSSR count). The van der Waals surface area contributed by atoms with E-state index in [9.17, 15) is 4.79 Å². The Bertz CT molecular complexity index is 431. The first-order chi connectivity index (χ1) is 10.3. The summed E-state index contributed by atoms with van der Waals surface area (Å²) in [6.45, 7) is 6.79. The lowest BCUT2D eigenvalue weighted by atomic mass is 10.2. The highest BCUT2D eigenvalue weighted by Gasteiger charge is 2.15. The van der Waals surface area contributed by atoms with Crippen LogP contribution in [-0.4, -0.2) is 73.7 Å². The number of rotatable bonds is 8. The van der Waals surface area contributed by atoms with Gasteiger partial charge in [0.1, 0.15) is 5.75 Å². The number of carbonyl (C=O) groups is 1. The maximum absolute atomic E-state index is 10.9. The minimum absolute atomic E-state index is 0.240. The van der Waals surface area contributed by atoms with Gasteiger partial charge in [0.25, 0.3) is 0 Å². The van der Waals surface area contributed by atoms with Crippen LogP contribution in [0.2, 0.25) is 0 Å². The second-order valence-corrected chi connectivity index (χ2v) is 5.26. The summed E-state index contributed by atoms with van der Waals surface area (Å²) in [6, 6.07) is 7.31. The van der Waals surface area contributed by atoms with Gasteiger partial charge in [-0.15, -0.1) is 0 Å². The summed E-state index contributed by atoms with van der Waals surface area (Å²) in [5.74, 6) is 0.667. The summed E-state index contributed by atoms with van der Waals surface area (Å²) in [5, 5.41) is 8.91. The van der Waals surface area contributed by atoms with Gasteiger partial charge >= 0.3 is 0 Å². The Morgan fingerprint density at radius 2 is 1.76 bits per heavy atom. The number of β-amino-alcohol motifs (C(OH)–C–C–N with tert-alkyl or cyclic N) is 1. The average molecular weight is 292 g/mol. The molecule has 1 aliphatic rings. The fourth-order valence-electron chi connectivity index (χ4n) is 2.56. The molecule has 1 aromatic rings. The number of benzene rings is 1. The van der Waals surface area contributed by atoms with Crippen LogP contribution in [0.4, 0.5) is 0 Å². The van der Waals surface area contributed by atoms with Crippen molar-refractivity contribution >= 4 is 6.29 Å². The van der Waals surface area contributed by atoms with Gasteiger partial charge in [-0.25, -0.2) is 0 Å². The predicted octanol–water partition coefficient (Wildman–Crippen LogP) is 0.878. The predicted molar refractivity (Wildman–Crippen MR) is 81.9 cm³/mol. The molecule has 1 fully saturated rings. The standard InChI is InChI=1S/C16H24N2O3/c19-12-11-18-9-7-17(8-10-18)6-3-13-21-16-5-2-1-4-15(16)14-20/h1-2,4-5,14,19H,3,6-13H2. The molecule has 0 amide bonds. The van der Waals surface area contributed by atoms with Crippen molar-refractivity contribution in [1.29, 1.82) is 0 Å². The Labute approximate surface area is 126 Å². The minimum Gasteiger partial charge on any atom is -0.493 e. The molecule has 1 aromatic carbocycles. The average Bonchev–Trinajstić information content (AvgIpc) is 2.54. The zero-order valence-corrected chi connectivity index (χ0v) is 12.4. The summed E-state index contributed by atoms with van der Waals surface area (Å²) in [4.78, 5) is 15.6. The van der Waals surface area contributed by atoms with Crippen LogP contribution >= 0.6 is 0 Å². The highest BCUT2D eigenvalue weighted by molar-refractivity contribution is 5.79. The van der Waals surface area contributed by atoms with Crippen LogP contribution in [0.25, 0.3) is 0 Å². The molecule has 21 heavy (non-hydrogen) atoms. The first-order valence-electron chi connectivity index (χ1n) is 7.56. The fourth-order valence-corrected chi connectivity index (χ4v) is 2.56. The Hall–Kier alpha value is -1.43. The topological polar surface area (TPSA) is 53.0 Å². The first-order valence-corrected chi connectivity index (χ1v) is 7.56. The zero-order chi connectivity index (χ0) is 14.9. The van der Waals surface area contributed by atoms with Crippen molar-refractivity contribution in [1.82, 2.24) is 9.80 Å². The Morgan fingerprint density at radius 1 is 1.10 bits per heavy atom. The number of ether oxygens (including phenoxy) is 1. The number of aldehydes is 1. The number of piperazine rings is 1. The maximum Gasteiger partial charge on any atom is 0.153 e. The van der Waals surface area contributed by atoms with Gasteiger partial charge in [0.15, 0.2) is 6.29 Å². The van der Waals surface area contributed by atoms with Gasteiger partial charge in [0, 0.05) is 39.3 Å². The van der Waals surface area contributed by atoms with Gasteiger partial charge in [0.2, 0.25) is 0 Å². The number of nitrogens with zero attached hydrogens (tertiary/aromatic N) is 2. The van der Waals surface area contributed by atoms with Gasteiger partial charge in [0.05, 0.1) is 18.8 Å². The third-order valence-corrected chi connectivity index (χ3v) is 3.80. The highest BCUT2D eigenvalue weighted by Crippen LogP contribution is 2.15. The number of aliphatic hydroxyl groups is 1. The van der Waals surface area contributed by atoms with Gasteiger partial charge in [-0.2, -0.15) is 0 Å². The van der Waals surface area contributed by atoms with E-state index >= 15 is 0 Å². The third-order valence-electron chi connectivity index (χ3n) is 3.80. The van der Waals surface area contributed by atoms with E-state index in [1.165, 1.54) is 0 Å². The van der Waals surface area contributed by atoms with Crippen LogP contribution in [0.1, 0.15) is 16.8 Å². The quantitative estimate of drug-likeness (QED) is 0.569.